The second-order valence-electron chi connectivity index (χ2n) is 5.14. The Balaban J connectivity index is 0.00000200. The summed E-state index contributed by atoms with van der Waals surface area (Å²) in [5, 5.41) is 13.9. The smallest absolute Gasteiger partial charge is 0.138 e. The first-order chi connectivity index (χ1) is 9.25. The van der Waals surface area contributed by atoms with Gasteiger partial charge >= 0.3 is 0 Å². The average molecular weight is 320 g/mol. The van der Waals surface area contributed by atoms with Crippen molar-refractivity contribution in [1.29, 1.82) is 0 Å². The van der Waals surface area contributed by atoms with Crippen LogP contribution in [0.3, 0.4) is 0 Å². The molecule has 2 rings (SSSR count). The fourth-order valence-electron chi connectivity index (χ4n) is 2.42. The fourth-order valence-corrected chi connectivity index (χ4v) is 2.61. The number of aliphatic hydroxyl groups is 1. The Kier molecular flexibility index (Phi) is 8.31. The summed E-state index contributed by atoms with van der Waals surface area (Å²) in [6.45, 7) is 0.846. The van der Waals surface area contributed by atoms with Gasteiger partial charge in [0.25, 0.3) is 0 Å². The monoisotopic (exact) mass is 319 g/mol. The predicted molar refractivity (Wildman–Crippen MR) is 85.1 cm³/mol. The van der Waals surface area contributed by atoms with Crippen LogP contribution in [0.1, 0.15) is 32.1 Å². The number of hydrogen-bond donors (Lipinski definition) is 2. The van der Waals surface area contributed by atoms with E-state index in [2.05, 4.69) is 5.32 Å². The van der Waals surface area contributed by atoms with Crippen LogP contribution in [0.2, 0.25) is 5.02 Å². The summed E-state index contributed by atoms with van der Waals surface area (Å²) in [4.78, 5) is 0. The van der Waals surface area contributed by atoms with Crippen LogP contribution in [0.15, 0.2) is 24.3 Å². The summed E-state index contributed by atoms with van der Waals surface area (Å²) in [6, 6.07) is 7.88. The van der Waals surface area contributed by atoms with E-state index in [0.717, 1.165) is 0 Å². The van der Waals surface area contributed by atoms with Gasteiger partial charge in [0.1, 0.15) is 18.5 Å². The molecule has 0 bridgehead atoms. The minimum absolute atomic E-state index is 0. The molecule has 0 amide bonds. The first-order valence-electron chi connectivity index (χ1n) is 7.04. The molecule has 114 valence electrons. The van der Waals surface area contributed by atoms with Crippen LogP contribution in [0.4, 0.5) is 0 Å². The molecule has 1 atom stereocenters. The van der Waals surface area contributed by atoms with Crippen LogP contribution in [-0.4, -0.2) is 30.4 Å². The highest BCUT2D eigenvalue weighted by molar-refractivity contribution is 6.32. The van der Waals surface area contributed by atoms with Gasteiger partial charge in [-0.25, -0.2) is 0 Å². The van der Waals surface area contributed by atoms with Gasteiger partial charge in [-0.1, -0.05) is 43.0 Å². The molecular formula is C15H23Cl2NO2. The molecule has 1 fully saturated rings. The summed E-state index contributed by atoms with van der Waals surface area (Å²) in [6.07, 6.45) is 5.87. The van der Waals surface area contributed by atoms with Crippen molar-refractivity contribution in [3.8, 4) is 5.75 Å². The molecule has 0 saturated heterocycles. The molecule has 20 heavy (non-hydrogen) atoms. The van der Waals surface area contributed by atoms with Crippen LogP contribution < -0.4 is 10.1 Å². The summed E-state index contributed by atoms with van der Waals surface area (Å²) >= 11 is 5.98. The number of aliphatic hydroxyl groups excluding tert-OH is 1. The van der Waals surface area contributed by atoms with Gasteiger partial charge < -0.3 is 15.2 Å². The summed E-state index contributed by atoms with van der Waals surface area (Å²) in [5.41, 5.74) is 0. The zero-order chi connectivity index (χ0) is 13.5. The Labute approximate surface area is 132 Å². The van der Waals surface area contributed by atoms with Gasteiger partial charge in [-0.15, -0.1) is 12.4 Å². The van der Waals surface area contributed by atoms with E-state index < -0.39 is 6.10 Å². The van der Waals surface area contributed by atoms with E-state index in [0.29, 0.717) is 23.4 Å². The van der Waals surface area contributed by atoms with Crippen LogP contribution in [-0.2, 0) is 0 Å². The summed E-state index contributed by atoms with van der Waals surface area (Å²) in [5.74, 6) is 0.626. The summed E-state index contributed by atoms with van der Waals surface area (Å²) < 4.78 is 5.52. The standard InChI is InChI=1S/C15H22ClNO2.ClH/c16-14-8-4-5-9-15(14)19-11-13(18)10-17-12-6-2-1-3-7-12;/h4-5,8-9,12-13,17-18H,1-3,6-7,10-11H2;1H. The molecule has 0 aromatic heterocycles. The zero-order valence-electron chi connectivity index (χ0n) is 11.6. The molecule has 3 nitrogen and oxygen atoms in total. The van der Waals surface area contributed by atoms with Crippen molar-refractivity contribution in [2.45, 2.75) is 44.2 Å². The molecule has 1 aromatic rings. The lowest BCUT2D eigenvalue weighted by molar-refractivity contribution is 0.102. The number of ether oxygens (including phenoxy) is 1. The lowest BCUT2D eigenvalue weighted by atomic mass is 9.95. The highest BCUT2D eigenvalue weighted by Gasteiger charge is 2.14. The quantitative estimate of drug-likeness (QED) is 0.844. The zero-order valence-corrected chi connectivity index (χ0v) is 13.1. The van der Waals surface area contributed by atoms with Crippen LogP contribution in [0.25, 0.3) is 0 Å². The Morgan fingerprint density at radius 1 is 1.25 bits per heavy atom. The SMILES string of the molecule is Cl.OC(CNC1CCCCC1)COc1ccccc1Cl. The van der Waals surface area contributed by atoms with Crippen molar-refractivity contribution < 1.29 is 9.84 Å². The first-order valence-corrected chi connectivity index (χ1v) is 7.42. The first kappa shape index (κ1) is 17.6. The van der Waals surface area contributed by atoms with Crippen molar-refractivity contribution in [3.05, 3.63) is 29.3 Å². The normalized spacial score (nSPS) is 17.3. The van der Waals surface area contributed by atoms with Gasteiger partial charge in [-0.2, -0.15) is 0 Å². The number of hydrogen-bond acceptors (Lipinski definition) is 3. The van der Waals surface area contributed by atoms with E-state index in [1.807, 2.05) is 18.2 Å². The molecule has 1 aliphatic rings. The second-order valence-corrected chi connectivity index (χ2v) is 5.55. The Bertz CT molecular complexity index is 384. The predicted octanol–water partition coefficient (Wildman–Crippen LogP) is 3.42. The van der Waals surface area contributed by atoms with E-state index in [9.17, 15) is 5.11 Å². The van der Waals surface area contributed by atoms with E-state index in [1.165, 1.54) is 32.1 Å². The number of para-hydroxylation sites is 1. The van der Waals surface area contributed by atoms with Crippen molar-refractivity contribution in [2.75, 3.05) is 13.2 Å². The topological polar surface area (TPSA) is 41.5 Å². The Morgan fingerprint density at radius 2 is 1.95 bits per heavy atom. The van der Waals surface area contributed by atoms with Crippen LogP contribution >= 0.6 is 24.0 Å². The minimum atomic E-state index is -0.502. The fraction of sp³-hybridized carbons (Fsp3) is 0.600. The van der Waals surface area contributed by atoms with E-state index in [1.54, 1.807) is 6.07 Å². The van der Waals surface area contributed by atoms with Crippen LogP contribution in [0.5, 0.6) is 5.75 Å². The molecule has 2 N–H and O–H groups in total. The van der Waals surface area contributed by atoms with Gasteiger partial charge in [-0.05, 0) is 25.0 Å². The third-order valence-electron chi connectivity index (χ3n) is 3.52. The largest absolute Gasteiger partial charge is 0.489 e. The van der Waals surface area contributed by atoms with Crippen molar-refractivity contribution in [2.24, 2.45) is 0 Å². The highest BCUT2D eigenvalue weighted by Crippen LogP contribution is 2.23. The molecule has 1 saturated carbocycles. The lowest BCUT2D eigenvalue weighted by Crippen LogP contribution is -2.38. The number of benzene rings is 1. The molecule has 0 radical (unpaired) electrons. The molecule has 5 heteroatoms. The average Bonchev–Trinajstić information content (AvgIpc) is 2.45. The van der Waals surface area contributed by atoms with Gasteiger partial charge in [-0.3, -0.25) is 0 Å². The molecular weight excluding hydrogens is 297 g/mol. The van der Waals surface area contributed by atoms with Crippen molar-refractivity contribution >= 4 is 24.0 Å². The second kappa shape index (κ2) is 9.46. The molecule has 0 spiro atoms. The third kappa shape index (κ3) is 5.88. The van der Waals surface area contributed by atoms with Gasteiger partial charge in [0.05, 0.1) is 5.02 Å². The maximum atomic E-state index is 9.90. The Morgan fingerprint density at radius 3 is 2.65 bits per heavy atom. The number of rotatable bonds is 6. The Hall–Kier alpha value is -0.480. The minimum Gasteiger partial charge on any atom is -0.489 e. The number of nitrogens with one attached hydrogen (secondary N) is 1. The molecule has 1 aliphatic carbocycles. The maximum absolute atomic E-state index is 9.90. The summed E-state index contributed by atoms with van der Waals surface area (Å²) in [7, 11) is 0. The highest BCUT2D eigenvalue weighted by atomic mass is 35.5. The van der Waals surface area contributed by atoms with Crippen molar-refractivity contribution in [3.63, 3.8) is 0 Å². The van der Waals surface area contributed by atoms with Crippen LogP contribution in [0, 0.1) is 0 Å². The van der Waals surface area contributed by atoms with Gasteiger partial charge in [0.2, 0.25) is 0 Å². The van der Waals surface area contributed by atoms with Crippen molar-refractivity contribution in [1.82, 2.24) is 5.32 Å². The van der Waals surface area contributed by atoms with Gasteiger partial charge in [0, 0.05) is 12.6 Å². The maximum Gasteiger partial charge on any atom is 0.138 e. The van der Waals surface area contributed by atoms with E-state index in [-0.39, 0.29) is 19.0 Å². The van der Waals surface area contributed by atoms with Gasteiger partial charge in [0.15, 0.2) is 0 Å². The third-order valence-corrected chi connectivity index (χ3v) is 3.83. The lowest BCUT2D eigenvalue weighted by Gasteiger charge is -2.24. The molecule has 1 unspecified atom stereocenters. The molecule has 0 heterocycles. The number of halogens is 2. The molecule has 0 aliphatic heterocycles. The van der Waals surface area contributed by atoms with E-state index >= 15 is 0 Å². The molecule has 1 aromatic carbocycles. The van der Waals surface area contributed by atoms with E-state index in [4.69, 9.17) is 16.3 Å².